The van der Waals surface area contributed by atoms with Gasteiger partial charge >= 0.3 is 0 Å². The fourth-order valence-corrected chi connectivity index (χ4v) is 2.54. The zero-order chi connectivity index (χ0) is 18.4. The molecule has 0 aliphatic heterocycles. The fraction of sp³-hybridized carbons (Fsp3) is 0.263. The SMILES string of the molecule is C=CCN(C(=O)[C@@H](C)Cc1cc(F)cc(F)c1)c1ccc(OC)nc1. The van der Waals surface area contributed by atoms with Gasteiger partial charge in [-0.2, -0.15) is 0 Å². The average molecular weight is 346 g/mol. The normalized spacial score (nSPS) is 11.7. The van der Waals surface area contributed by atoms with Crippen LogP contribution in [0.3, 0.4) is 0 Å². The average Bonchev–Trinajstić information content (AvgIpc) is 2.58. The zero-order valence-electron chi connectivity index (χ0n) is 14.2. The van der Waals surface area contributed by atoms with Crippen molar-refractivity contribution in [1.29, 1.82) is 0 Å². The van der Waals surface area contributed by atoms with Gasteiger partial charge in [0.05, 0.1) is 19.0 Å². The number of carbonyl (C=O) groups is 1. The van der Waals surface area contributed by atoms with E-state index in [1.54, 1.807) is 25.1 Å². The lowest BCUT2D eigenvalue weighted by molar-refractivity contribution is -0.121. The molecule has 0 bridgehead atoms. The molecule has 0 unspecified atom stereocenters. The van der Waals surface area contributed by atoms with Gasteiger partial charge in [0.2, 0.25) is 11.8 Å². The molecule has 1 heterocycles. The molecule has 0 aliphatic carbocycles. The van der Waals surface area contributed by atoms with Gasteiger partial charge in [-0.3, -0.25) is 4.79 Å². The first-order chi connectivity index (χ1) is 11.9. The van der Waals surface area contributed by atoms with Crippen LogP contribution in [0, 0.1) is 17.6 Å². The predicted octanol–water partition coefficient (Wildman–Crippen LogP) is 3.77. The van der Waals surface area contributed by atoms with Crippen LogP contribution in [-0.4, -0.2) is 24.5 Å². The number of carbonyl (C=O) groups excluding carboxylic acids is 1. The van der Waals surface area contributed by atoms with Crippen LogP contribution in [0.5, 0.6) is 5.88 Å². The van der Waals surface area contributed by atoms with E-state index in [1.807, 2.05) is 0 Å². The second kappa shape index (κ2) is 8.37. The van der Waals surface area contributed by atoms with Crippen molar-refractivity contribution in [2.75, 3.05) is 18.6 Å². The molecule has 6 heteroatoms. The maximum Gasteiger partial charge on any atom is 0.230 e. The van der Waals surface area contributed by atoms with Crippen molar-refractivity contribution >= 4 is 11.6 Å². The number of amides is 1. The molecular formula is C19H20F2N2O2. The van der Waals surface area contributed by atoms with Crippen LogP contribution >= 0.6 is 0 Å². The molecule has 1 aromatic heterocycles. The van der Waals surface area contributed by atoms with Crippen molar-refractivity contribution in [3.8, 4) is 5.88 Å². The van der Waals surface area contributed by atoms with Gasteiger partial charge in [0, 0.05) is 24.6 Å². The summed E-state index contributed by atoms with van der Waals surface area (Å²) in [5.74, 6) is -1.52. The van der Waals surface area contributed by atoms with Crippen molar-refractivity contribution in [2.45, 2.75) is 13.3 Å². The Balaban J connectivity index is 2.18. The molecule has 4 nitrogen and oxygen atoms in total. The molecule has 2 aromatic rings. The Bertz CT molecular complexity index is 727. The van der Waals surface area contributed by atoms with Gasteiger partial charge < -0.3 is 9.64 Å². The molecule has 0 N–H and O–H groups in total. The molecule has 1 aromatic carbocycles. The number of pyridine rings is 1. The molecular weight excluding hydrogens is 326 g/mol. The lowest BCUT2D eigenvalue weighted by Gasteiger charge is -2.24. The molecule has 0 spiro atoms. The van der Waals surface area contributed by atoms with Crippen molar-refractivity contribution in [3.05, 3.63) is 66.4 Å². The number of anilines is 1. The monoisotopic (exact) mass is 346 g/mol. The summed E-state index contributed by atoms with van der Waals surface area (Å²) < 4.78 is 31.7. The minimum atomic E-state index is -0.656. The first-order valence-corrected chi connectivity index (χ1v) is 7.82. The van der Waals surface area contributed by atoms with Gasteiger partial charge in [0.15, 0.2) is 0 Å². The minimum absolute atomic E-state index is 0.184. The lowest BCUT2D eigenvalue weighted by atomic mass is 9.99. The summed E-state index contributed by atoms with van der Waals surface area (Å²) in [5, 5.41) is 0. The van der Waals surface area contributed by atoms with Crippen molar-refractivity contribution in [1.82, 2.24) is 4.98 Å². The van der Waals surface area contributed by atoms with Crippen LogP contribution < -0.4 is 9.64 Å². The van der Waals surface area contributed by atoms with Gasteiger partial charge in [-0.05, 0) is 30.2 Å². The van der Waals surface area contributed by atoms with Gasteiger partial charge in [-0.25, -0.2) is 13.8 Å². The third-order valence-electron chi connectivity index (χ3n) is 3.71. The molecule has 0 fully saturated rings. The summed E-state index contributed by atoms with van der Waals surface area (Å²) >= 11 is 0. The number of aromatic nitrogens is 1. The summed E-state index contributed by atoms with van der Waals surface area (Å²) in [6.45, 7) is 5.69. The number of halogens is 2. The number of methoxy groups -OCH3 is 1. The van der Waals surface area contributed by atoms with Gasteiger partial charge in [0.1, 0.15) is 11.6 Å². The maximum atomic E-state index is 13.3. The smallest absolute Gasteiger partial charge is 0.230 e. The number of nitrogens with zero attached hydrogens (tertiary/aromatic N) is 2. The van der Waals surface area contributed by atoms with Crippen LogP contribution in [0.15, 0.2) is 49.2 Å². The highest BCUT2D eigenvalue weighted by Gasteiger charge is 2.22. The second-order valence-electron chi connectivity index (χ2n) is 5.68. The highest BCUT2D eigenvalue weighted by Crippen LogP contribution is 2.21. The number of rotatable bonds is 7. The van der Waals surface area contributed by atoms with E-state index in [4.69, 9.17) is 4.74 Å². The van der Waals surface area contributed by atoms with Gasteiger partial charge in [-0.1, -0.05) is 13.0 Å². The number of benzene rings is 1. The fourth-order valence-electron chi connectivity index (χ4n) is 2.54. The van der Waals surface area contributed by atoms with Crippen LogP contribution in [0.2, 0.25) is 0 Å². The Labute approximate surface area is 145 Å². The molecule has 2 rings (SSSR count). The van der Waals surface area contributed by atoms with Crippen molar-refractivity contribution in [3.63, 3.8) is 0 Å². The molecule has 0 radical (unpaired) electrons. The molecule has 132 valence electrons. The summed E-state index contributed by atoms with van der Waals surface area (Å²) in [6.07, 6.45) is 3.37. The van der Waals surface area contributed by atoms with Crippen LogP contribution in [0.25, 0.3) is 0 Å². The minimum Gasteiger partial charge on any atom is -0.481 e. The topological polar surface area (TPSA) is 42.4 Å². The van der Waals surface area contributed by atoms with Crippen LogP contribution in [-0.2, 0) is 11.2 Å². The van der Waals surface area contributed by atoms with E-state index in [-0.39, 0.29) is 12.3 Å². The number of hydrogen-bond acceptors (Lipinski definition) is 3. The van der Waals surface area contributed by atoms with E-state index in [9.17, 15) is 13.6 Å². The Morgan fingerprint density at radius 3 is 2.52 bits per heavy atom. The zero-order valence-corrected chi connectivity index (χ0v) is 14.2. The van der Waals surface area contributed by atoms with Crippen molar-refractivity contribution < 1.29 is 18.3 Å². The first kappa shape index (κ1) is 18.6. The third-order valence-corrected chi connectivity index (χ3v) is 3.71. The van der Waals surface area contributed by atoms with E-state index >= 15 is 0 Å². The van der Waals surface area contributed by atoms with E-state index in [2.05, 4.69) is 11.6 Å². The highest BCUT2D eigenvalue weighted by atomic mass is 19.1. The predicted molar refractivity (Wildman–Crippen MR) is 92.6 cm³/mol. The van der Waals surface area contributed by atoms with E-state index in [0.717, 1.165) is 6.07 Å². The molecule has 0 saturated heterocycles. The van der Waals surface area contributed by atoms with Crippen molar-refractivity contribution in [2.24, 2.45) is 5.92 Å². The Kier molecular flexibility index (Phi) is 6.22. The summed E-state index contributed by atoms with van der Waals surface area (Å²) in [5.41, 5.74) is 1.03. The summed E-state index contributed by atoms with van der Waals surface area (Å²) in [7, 11) is 1.51. The number of hydrogen-bond donors (Lipinski definition) is 0. The molecule has 1 atom stereocenters. The molecule has 0 saturated carbocycles. The standard InChI is InChI=1S/C19H20F2N2O2/c1-4-7-23(17-5-6-18(25-3)22-12-17)19(24)13(2)8-14-9-15(20)11-16(21)10-14/h4-6,9-13H,1,7-8H2,2-3H3/t13-/m0/s1. The van der Waals surface area contributed by atoms with Gasteiger partial charge in [0.25, 0.3) is 0 Å². The second-order valence-corrected chi connectivity index (χ2v) is 5.68. The summed E-state index contributed by atoms with van der Waals surface area (Å²) in [4.78, 5) is 18.4. The highest BCUT2D eigenvalue weighted by molar-refractivity contribution is 5.95. The lowest BCUT2D eigenvalue weighted by Crippen LogP contribution is -2.36. The Morgan fingerprint density at radius 1 is 1.32 bits per heavy atom. The van der Waals surface area contributed by atoms with E-state index < -0.39 is 17.6 Å². The molecule has 25 heavy (non-hydrogen) atoms. The summed E-state index contributed by atoms with van der Waals surface area (Å²) in [6, 6.07) is 6.66. The molecule has 0 aliphatic rings. The van der Waals surface area contributed by atoms with Gasteiger partial charge in [-0.15, -0.1) is 6.58 Å². The quantitative estimate of drug-likeness (QED) is 0.717. The largest absolute Gasteiger partial charge is 0.481 e. The first-order valence-electron chi connectivity index (χ1n) is 7.82. The van der Waals surface area contributed by atoms with Crippen LogP contribution in [0.4, 0.5) is 14.5 Å². The molecule has 1 amide bonds. The van der Waals surface area contributed by atoms with E-state index in [0.29, 0.717) is 23.7 Å². The Hall–Kier alpha value is -2.76. The maximum absolute atomic E-state index is 13.3. The number of ether oxygens (including phenoxy) is 1. The van der Waals surface area contributed by atoms with Crippen LogP contribution in [0.1, 0.15) is 12.5 Å². The third kappa shape index (κ3) is 4.86. The van der Waals surface area contributed by atoms with E-state index in [1.165, 1.54) is 30.3 Å². The Morgan fingerprint density at radius 2 is 2.00 bits per heavy atom.